The number of piperidine rings is 1. The highest BCUT2D eigenvalue weighted by molar-refractivity contribution is 5.82. The molecule has 1 atom stereocenters. The van der Waals surface area contributed by atoms with Gasteiger partial charge in [-0.1, -0.05) is 27.7 Å². The third kappa shape index (κ3) is 5.07. The second kappa shape index (κ2) is 6.39. The Kier molecular flexibility index (Phi) is 5.44. The van der Waals surface area contributed by atoms with Gasteiger partial charge in [-0.3, -0.25) is 4.79 Å². The first-order valence-corrected chi connectivity index (χ1v) is 6.96. The molecule has 3 heteroatoms. The molecule has 0 bridgehead atoms. The fourth-order valence-corrected chi connectivity index (χ4v) is 2.14. The average Bonchev–Trinajstić information content (AvgIpc) is 2.25. The Bertz CT molecular complexity index is 245. The van der Waals surface area contributed by atoms with Crippen LogP contribution in [0, 0.1) is 5.41 Å². The summed E-state index contributed by atoms with van der Waals surface area (Å²) in [5.41, 5.74) is 0.310. The molecule has 1 aliphatic rings. The standard InChI is InChI=1S/C14H28N2O/c1-5-9-15-12-7-6-10-16(13(12)17)11-8-14(2,3)4/h12,15H,5-11H2,1-4H3. The van der Waals surface area contributed by atoms with E-state index in [1.165, 1.54) is 0 Å². The Hall–Kier alpha value is -0.570. The van der Waals surface area contributed by atoms with Crippen molar-refractivity contribution in [2.75, 3.05) is 19.6 Å². The summed E-state index contributed by atoms with van der Waals surface area (Å²) in [7, 11) is 0. The summed E-state index contributed by atoms with van der Waals surface area (Å²) in [4.78, 5) is 14.3. The summed E-state index contributed by atoms with van der Waals surface area (Å²) < 4.78 is 0. The maximum Gasteiger partial charge on any atom is 0.239 e. The summed E-state index contributed by atoms with van der Waals surface area (Å²) >= 11 is 0. The van der Waals surface area contributed by atoms with E-state index in [0.29, 0.717) is 11.3 Å². The highest BCUT2D eigenvalue weighted by atomic mass is 16.2. The number of likely N-dealkylation sites (tertiary alicyclic amines) is 1. The van der Waals surface area contributed by atoms with E-state index in [1.54, 1.807) is 0 Å². The van der Waals surface area contributed by atoms with E-state index in [0.717, 1.165) is 45.3 Å². The van der Waals surface area contributed by atoms with Crippen molar-refractivity contribution in [3.8, 4) is 0 Å². The van der Waals surface area contributed by atoms with Crippen molar-refractivity contribution in [2.45, 2.75) is 59.4 Å². The summed E-state index contributed by atoms with van der Waals surface area (Å²) in [5, 5.41) is 3.36. The molecule has 1 unspecified atom stereocenters. The molecule has 1 fully saturated rings. The van der Waals surface area contributed by atoms with E-state index in [9.17, 15) is 4.79 Å². The van der Waals surface area contributed by atoms with Crippen LogP contribution in [0.5, 0.6) is 0 Å². The van der Waals surface area contributed by atoms with Crippen molar-refractivity contribution < 1.29 is 4.79 Å². The zero-order valence-corrected chi connectivity index (χ0v) is 11.9. The lowest BCUT2D eigenvalue weighted by molar-refractivity contribution is -0.136. The molecule has 1 N–H and O–H groups in total. The van der Waals surface area contributed by atoms with Crippen LogP contribution < -0.4 is 5.32 Å². The molecule has 17 heavy (non-hydrogen) atoms. The molecule has 1 saturated heterocycles. The van der Waals surface area contributed by atoms with Crippen molar-refractivity contribution in [1.29, 1.82) is 0 Å². The smallest absolute Gasteiger partial charge is 0.239 e. The first kappa shape index (κ1) is 14.5. The molecular formula is C14H28N2O. The summed E-state index contributed by atoms with van der Waals surface area (Å²) in [6.07, 6.45) is 4.31. The van der Waals surface area contributed by atoms with Crippen LogP contribution >= 0.6 is 0 Å². The van der Waals surface area contributed by atoms with E-state index in [4.69, 9.17) is 0 Å². The van der Waals surface area contributed by atoms with Gasteiger partial charge in [-0.25, -0.2) is 0 Å². The van der Waals surface area contributed by atoms with Crippen LogP contribution in [-0.4, -0.2) is 36.5 Å². The van der Waals surface area contributed by atoms with Gasteiger partial charge in [0.25, 0.3) is 0 Å². The number of nitrogens with zero attached hydrogens (tertiary/aromatic N) is 1. The van der Waals surface area contributed by atoms with Gasteiger partial charge in [0.05, 0.1) is 6.04 Å². The molecule has 1 amide bonds. The number of carbonyl (C=O) groups is 1. The van der Waals surface area contributed by atoms with Crippen molar-refractivity contribution in [2.24, 2.45) is 5.41 Å². The number of rotatable bonds is 5. The molecule has 0 aromatic carbocycles. The van der Waals surface area contributed by atoms with Crippen LogP contribution in [-0.2, 0) is 4.79 Å². The first-order chi connectivity index (χ1) is 7.94. The minimum absolute atomic E-state index is 0.0728. The monoisotopic (exact) mass is 240 g/mol. The topological polar surface area (TPSA) is 32.3 Å². The predicted octanol–water partition coefficient (Wildman–Crippen LogP) is 2.41. The molecule has 3 nitrogen and oxygen atoms in total. The molecule has 0 aliphatic carbocycles. The average molecular weight is 240 g/mol. The number of amides is 1. The third-order valence-electron chi connectivity index (χ3n) is 3.30. The van der Waals surface area contributed by atoms with Gasteiger partial charge in [0, 0.05) is 13.1 Å². The van der Waals surface area contributed by atoms with Crippen molar-refractivity contribution in [3.05, 3.63) is 0 Å². The fraction of sp³-hybridized carbons (Fsp3) is 0.929. The third-order valence-corrected chi connectivity index (χ3v) is 3.30. The Balaban J connectivity index is 2.42. The van der Waals surface area contributed by atoms with E-state index in [2.05, 4.69) is 33.0 Å². The summed E-state index contributed by atoms with van der Waals surface area (Å²) in [6.45, 7) is 11.6. The SMILES string of the molecule is CCCNC1CCCN(CCC(C)(C)C)C1=O. The predicted molar refractivity (Wildman–Crippen MR) is 72.0 cm³/mol. The largest absolute Gasteiger partial charge is 0.341 e. The maximum absolute atomic E-state index is 12.2. The van der Waals surface area contributed by atoms with E-state index in [-0.39, 0.29) is 6.04 Å². The van der Waals surface area contributed by atoms with Crippen LogP contribution in [0.25, 0.3) is 0 Å². The molecule has 0 saturated carbocycles. The number of hydrogen-bond donors (Lipinski definition) is 1. The van der Waals surface area contributed by atoms with Crippen LogP contribution in [0.3, 0.4) is 0 Å². The number of carbonyl (C=O) groups excluding carboxylic acids is 1. The fourth-order valence-electron chi connectivity index (χ4n) is 2.14. The van der Waals surface area contributed by atoms with Crippen molar-refractivity contribution in [3.63, 3.8) is 0 Å². The Labute approximate surface area is 106 Å². The number of hydrogen-bond acceptors (Lipinski definition) is 2. The Morgan fingerprint density at radius 1 is 1.41 bits per heavy atom. The van der Waals surface area contributed by atoms with Gasteiger partial charge in [-0.2, -0.15) is 0 Å². The van der Waals surface area contributed by atoms with Gasteiger partial charge in [0.15, 0.2) is 0 Å². The minimum Gasteiger partial charge on any atom is -0.341 e. The van der Waals surface area contributed by atoms with Gasteiger partial charge in [-0.15, -0.1) is 0 Å². The molecule has 0 aromatic heterocycles. The second-order valence-corrected chi connectivity index (χ2v) is 6.28. The van der Waals surface area contributed by atoms with Crippen molar-refractivity contribution >= 4 is 5.91 Å². The Morgan fingerprint density at radius 2 is 2.12 bits per heavy atom. The maximum atomic E-state index is 12.2. The molecule has 0 aromatic rings. The lowest BCUT2D eigenvalue weighted by Gasteiger charge is -2.34. The van der Waals surface area contributed by atoms with Gasteiger partial charge in [0.2, 0.25) is 5.91 Å². The highest BCUT2D eigenvalue weighted by Crippen LogP contribution is 2.21. The highest BCUT2D eigenvalue weighted by Gasteiger charge is 2.28. The normalized spacial score (nSPS) is 22.0. The second-order valence-electron chi connectivity index (χ2n) is 6.28. The van der Waals surface area contributed by atoms with Gasteiger partial charge in [0.1, 0.15) is 0 Å². The van der Waals surface area contributed by atoms with Gasteiger partial charge in [-0.05, 0) is 37.6 Å². The zero-order chi connectivity index (χ0) is 12.9. The van der Waals surface area contributed by atoms with Crippen LogP contribution in [0.2, 0.25) is 0 Å². The van der Waals surface area contributed by atoms with E-state index >= 15 is 0 Å². The molecule has 1 aliphatic heterocycles. The minimum atomic E-state index is 0.0728. The van der Waals surface area contributed by atoms with E-state index in [1.807, 2.05) is 4.90 Å². The number of nitrogens with one attached hydrogen (secondary N) is 1. The first-order valence-electron chi connectivity index (χ1n) is 6.96. The van der Waals surface area contributed by atoms with Crippen LogP contribution in [0.1, 0.15) is 53.4 Å². The molecular weight excluding hydrogens is 212 g/mol. The van der Waals surface area contributed by atoms with Gasteiger partial charge >= 0.3 is 0 Å². The summed E-state index contributed by atoms with van der Waals surface area (Å²) in [6, 6.07) is 0.0728. The molecule has 0 spiro atoms. The molecule has 1 heterocycles. The Morgan fingerprint density at radius 3 is 2.71 bits per heavy atom. The van der Waals surface area contributed by atoms with E-state index < -0.39 is 0 Å². The lowest BCUT2D eigenvalue weighted by atomic mass is 9.91. The van der Waals surface area contributed by atoms with Crippen molar-refractivity contribution in [1.82, 2.24) is 10.2 Å². The van der Waals surface area contributed by atoms with Gasteiger partial charge < -0.3 is 10.2 Å². The molecule has 0 radical (unpaired) electrons. The lowest BCUT2D eigenvalue weighted by Crippen LogP contribution is -2.51. The van der Waals surface area contributed by atoms with Crippen LogP contribution in [0.4, 0.5) is 0 Å². The quantitative estimate of drug-likeness (QED) is 0.800. The zero-order valence-electron chi connectivity index (χ0n) is 11.9. The molecule has 100 valence electrons. The summed E-state index contributed by atoms with van der Waals surface area (Å²) in [5.74, 6) is 0.314. The molecule has 1 rings (SSSR count). The van der Waals surface area contributed by atoms with Crippen LogP contribution in [0.15, 0.2) is 0 Å².